The van der Waals surface area contributed by atoms with Gasteiger partial charge in [0.1, 0.15) is 23.2 Å². The van der Waals surface area contributed by atoms with Crippen molar-refractivity contribution in [2.75, 3.05) is 0 Å². The average molecular weight is 407 g/mol. The van der Waals surface area contributed by atoms with Gasteiger partial charge in [-0.2, -0.15) is 5.26 Å². The fraction of sp³-hybridized carbons (Fsp3) is 0.118. The van der Waals surface area contributed by atoms with Crippen molar-refractivity contribution in [1.29, 1.82) is 5.26 Å². The van der Waals surface area contributed by atoms with E-state index in [1.807, 2.05) is 31.2 Å². The molecule has 0 saturated heterocycles. The maximum Gasteiger partial charge on any atom is 0.211 e. The van der Waals surface area contributed by atoms with E-state index in [9.17, 15) is 9.90 Å². The molecule has 122 valence electrons. The number of nitriles is 1. The Hall–Kier alpha value is -2.36. The first kappa shape index (κ1) is 18.0. The number of imidazole rings is 1. The number of aryl methyl sites for hydroxylation is 1. The van der Waals surface area contributed by atoms with E-state index >= 15 is 0 Å². The summed E-state index contributed by atoms with van der Waals surface area (Å²) in [6.07, 6.45) is 2.41. The molecular weight excluding hydrogens is 394 g/mol. The molecule has 3 rings (SSSR count). The normalized spacial score (nSPS) is 10.2. The Morgan fingerprint density at radius 2 is 2.17 bits per heavy atom. The van der Waals surface area contributed by atoms with Crippen LogP contribution in [-0.4, -0.2) is 20.3 Å². The fourth-order valence-corrected chi connectivity index (χ4v) is 2.94. The zero-order valence-electron chi connectivity index (χ0n) is 12.7. The Kier molecular flexibility index (Phi) is 5.27. The number of hydrogen-bond donors (Lipinski definition) is 1. The number of pyridine rings is 1. The highest BCUT2D eigenvalue weighted by molar-refractivity contribution is 9.10. The van der Waals surface area contributed by atoms with Crippen LogP contribution >= 0.6 is 28.3 Å². The number of aromatic hydroxyl groups is 1. The molecule has 5 nitrogen and oxygen atoms in total. The topological polar surface area (TPSA) is 78.4 Å². The average Bonchev–Trinajstić information content (AvgIpc) is 2.95. The number of carbonyl (C=O) groups is 1. The second kappa shape index (κ2) is 7.04. The zero-order valence-corrected chi connectivity index (χ0v) is 15.1. The molecule has 2 aromatic heterocycles. The highest BCUT2D eigenvalue weighted by Crippen LogP contribution is 2.30. The summed E-state index contributed by atoms with van der Waals surface area (Å²) < 4.78 is 2.06. The van der Waals surface area contributed by atoms with Crippen LogP contribution in [0.3, 0.4) is 0 Å². The van der Waals surface area contributed by atoms with Crippen molar-refractivity contribution < 1.29 is 9.90 Å². The van der Waals surface area contributed by atoms with Gasteiger partial charge in [0, 0.05) is 11.8 Å². The zero-order chi connectivity index (χ0) is 16.6. The number of benzene rings is 1. The van der Waals surface area contributed by atoms with Crippen LogP contribution in [0, 0.1) is 11.3 Å². The van der Waals surface area contributed by atoms with E-state index in [-0.39, 0.29) is 29.5 Å². The van der Waals surface area contributed by atoms with Gasteiger partial charge in [-0.05, 0) is 46.6 Å². The number of nitrogens with zero attached hydrogens (tertiary/aromatic N) is 3. The summed E-state index contributed by atoms with van der Waals surface area (Å²) in [6, 6.07) is 10.3. The molecule has 0 amide bonds. The van der Waals surface area contributed by atoms with Gasteiger partial charge in [-0.15, -0.1) is 12.4 Å². The third kappa shape index (κ3) is 2.88. The quantitative estimate of drug-likeness (QED) is 0.669. The summed E-state index contributed by atoms with van der Waals surface area (Å²) >= 11 is 3.18. The number of hydrogen-bond acceptors (Lipinski definition) is 4. The number of rotatable bonds is 3. The Morgan fingerprint density at radius 3 is 2.83 bits per heavy atom. The van der Waals surface area contributed by atoms with Crippen LogP contribution in [-0.2, 0) is 6.42 Å². The molecule has 0 saturated carbocycles. The lowest BCUT2D eigenvalue weighted by molar-refractivity contribution is 0.103. The molecule has 0 aliphatic heterocycles. The standard InChI is InChI=1S/C17H12BrN3O2.ClH/c1-2-13-15(21-6-4-3-5-14(21)20-13)17(23)10-7-11(9-19)16(22)12(18)8-10;/h3-8,22H,2H2,1H3;1H. The first-order valence-electron chi connectivity index (χ1n) is 7.00. The van der Waals surface area contributed by atoms with Gasteiger partial charge in [0.25, 0.3) is 0 Å². The summed E-state index contributed by atoms with van der Waals surface area (Å²) in [5, 5.41) is 18.9. The molecule has 0 aliphatic carbocycles. The molecule has 0 radical (unpaired) electrons. The number of aromatic nitrogens is 2. The van der Waals surface area contributed by atoms with Gasteiger partial charge < -0.3 is 5.11 Å². The van der Waals surface area contributed by atoms with Gasteiger partial charge in [0.05, 0.1) is 15.7 Å². The summed E-state index contributed by atoms with van der Waals surface area (Å²) in [7, 11) is 0. The first-order valence-corrected chi connectivity index (χ1v) is 7.79. The maximum atomic E-state index is 13.0. The third-order valence-electron chi connectivity index (χ3n) is 3.60. The SMILES string of the molecule is CCc1nc2ccccn2c1C(=O)c1cc(Br)c(O)c(C#N)c1.Cl. The lowest BCUT2D eigenvalue weighted by Gasteiger charge is -2.06. The number of phenols is 1. The van der Waals surface area contributed by atoms with Crippen molar-refractivity contribution in [3.63, 3.8) is 0 Å². The minimum absolute atomic E-state index is 0. The summed E-state index contributed by atoms with van der Waals surface area (Å²) in [6.45, 7) is 1.94. The second-order valence-electron chi connectivity index (χ2n) is 4.98. The van der Waals surface area contributed by atoms with Crippen LogP contribution in [0.25, 0.3) is 5.65 Å². The van der Waals surface area contributed by atoms with Crippen molar-refractivity contribution in [3.05, 3.63) is 63.5 Å². The van der Waals surface area contributed by atoms with E-state index in [1.165, 1.54) is 12.1 Å². The molecule has 1 aromatic carbocycles. The predicted octanol–water partition coefficient (Wildman–Crippen LogP) is 3.89. The maximum absolute atomic E-state index is 13.0. The lowest BCUT2D eigenvalue weighted by atomic mass is 10.0. The second-order valence-corrected chi connectivity index (χ2v) is 5.84. The van der Waals surface area contributed by atoms with Crippen LogP contribution in [0.15, 0.2) is 41.0 Å². The molecular formula is C17H13BrClN3O2. The van der Waals surface area contributed by atoms with Crippen molar-refractivity contribution in [2.24, 2.45) is 0 Å². The molecule has 0 atom stereocenters. The van der Waals surface area contributed by atoms with Crippen LogP contribution in [0.4, 0.5) is 0 Å². The summed E-state index contributed by atoms with van der Waals surface area (Å²) in [5.74, 6) is -0.407. The fourth-order valence-electron chi connectivity index (χ4n) is 2.48. The van der Waals surface area contributed by atoms with E-state index in [2.05, 4.69) is 20.9 Å². The smallest absolute Gasteiger partial charge is 0.211 e. The number of carbonyl (C=O) groups excluding carboxylic acids is 1. The van der Waals surface area contributed by atoms with E-state index < -0.39 is 0 Å². The Labute approximate surface area is 153 Å². The molecule has 2 heterocycles. The monoisotopic (exact) mass is 405 g/mol. The number of ketones is 1. The molecule has 0 spiro atoms. The Bertz CT molecular complexity index is 976. The molecule has 24 heavy (non-hydrogen) atoms. The molecule has 3 aromatic rings. The van der Waals surface area contributed by atoms with Gasteiger partial charge >= 0.3 is 0 Å². The predicted molar refractivity (Wildman–Crippen MR) is 95.8 cm³/mol. The van der Waals surface area contributed by atoms with Crippen molar-refractivity contribution in [1.82, 2.24) is 9.38 Å². The molecule has 0 bridgehead atoms. The highest BCUT2D eigenvalue weighted by Gasteiger charge is 2.21. The molecule has 0 unspecified atom stereocenters. The molecule has 0 fully saturated rings. The van der Waals surface area contributed by atoms with Crippen LogP contribution < -0.4 is 0 Å². The third-order valence-corrected chi connectivity index (χ3v) is 4.20. The van der Waals surface area contributed by atoms with E-state index in [0.29, 0.717) is 33.5 Å². The lowest BCUT2D eigenvalue weighted by Crippen LogP contribution is -2.08. The highest BCUT2D eigenvalue weighted by atomic mass is 79.9. The minimum Gasteiger partial charge on any atom is -0.505 e. The van der Waals surface area contributed by atoms with Crippen molar-refractivity contribution in [2.45, 2.75) is 13.3 Å². The molecule has 1 N–H and O–H groups in total. The van der Waals surface area contributed by atoms with E-state index in [0.717, 1.165) is 0 Å². The Balaban J connectivity index is 0.00000208. The molecule has 7 heteroatoms. The van der Waals surface area contributed by atoms with Gasteiger partial charge in [-0.1, -0.05) is 13.0 Å². The van der Waals surface area contributed by atoms with Gasteiger partial charge in [0.2, 0.25) is 5.78 Å². The van der Waals surface area contributed by atoms with Crippen LogP contribution in [0.2, 0.25) is 0 Å². The van der Waals surface area contributed by atoms with Crippen molar-refractivity contribution in [3.8, 4) is 11.8 Å². The van der Waals surface area contributed by atoms with Gasteiger partial charge in [0.15, 0.2) is 0 Å². The molecule has 0 aliphatic rings. The van der Waals surface area contributed by atoms with Crippen LogP contribution in [0.5, 0.6) is 5.75 Å². The largest absolute Gasteiger partial charge is 0.505 e. The van der Waals surface area contributed by atoms with E-state index in [1.54, 1.807) is 10.6 Å². The number of halogens is 2. The summed E-state index contributed by atoms with van der Waals surface area (Å²) in [5.41, 5.74) is 2.25. The minimum atomic E-state index is -0.238. The number of phenolic OH excluding ortho intramolecular Hbond substituents is 1. The summed E-state index contributed by atoms with van der Waals surface area (Å²) in [4.78, 5) is 17.4. The Morgan fingerprint density at radius 1 is 1.42 bits per heavy atom. The van der Waals surface area contributed by atoms with E-state index in [4.69, 9.17) is 5.26 Å². The van der Waals surface area contributed by atoms with Crippen molar-refractivity contribution >= 4 is 39.8 Å². The number of fused-ring (bicyclic) bond motifs is 1. The van der Waals surface area contributed by atoms with Gasteiger partial charge in [-0.3, -0.25) is 9.20 Å². The van der Waals surface area contributed by atoms with Gasteiger partial charge in [-0.25, -0.2) is 4.98 Å². The first-order chi connectivity index (χ1) is 11.1. The van der Waals surface area contributed by atoms with Crippen LogP contribution in [0.1, 0.15) is 34.2 Å².